The van der Waals surface area contributed by atoms with Crippen LogP contribution in [0.5, 0.6) is 0 Å². The SMILES string of the molecule is COCCCCC(Br)C(C)(C)C. The first-order valence-corrected chi connectivity index (χ1v) is 5.53. The fraction of sp³-hybridized carbons (Fsp3) is 1.00. The molecule has 0 aliphatic carbocycles. The summed E-state index contributed by atoms with van der Waals surface area (Å²) < 4.78 is 4.99. The summed E-state index contributed by atoms with van der Waals surface area (Å²) in [7, 11) is 1.76. The lowest BCUT2D eigenvalue weighted by molar-refractivity contribution is 0.191. The molecule has 0 aliphatic heterocycles. The van der Waals surface area contributed by atoms with Crippen molar-refractivity contribution < 1.29 is 4.74 Å². The number of halogens is 1. The van der Waals surface area contributed by atoms with E-state index >= 15 is 0 Å². The van der Waals surface area contributed by atoms with Gasteiger partial charge in [0.05, 0.1) is 0 Å². The Morgan fingerprint density at radius 3 is 2.25 bits per heavy atom. The Morgan fingerprint density at radius 2 is 1.83 bits per heavy atom. The summed E-state index contributed by atoms with van der Waals surface area (Å²) in [5.74, 6) is 0. The highest BCUT2D eigenvalue weighted by atomic mass is 79.9. The van der Waals surface area contributed by atoms with Gasteiger partial charge in [-0.05, 0) is 18.3 Å². The van der Waals surface area contributed by atoms with Crippen LogP contribution in [0.4, 0.5) is 0 Å². The Kier molecular flexibility index (Phi) is 6.20. The lowest BCUT2D eigenvalue weighted by Crippen LogP contribution is -2.19. The molecule has 0 heterocycles. The van der Waals surface area contributed by atoms with Gasteiger partial charge in [-0.25, -0.2) is 0 Å². The predicted molar refractivity (Wildman–Crippen MR) is 57.9 cm³/mol. The zero-order valence-corrected chi connectivity index (χ0v) is 10.3. The van der Waals surface area contributed by atoms with Crippen LogP contribution in [0.2, 0.25) is 0 Å². The molecule has 0 aromatic heterocycles. The van der Waals surface area contributed by atoms with E-state index in [0.29, 0.717) is 10.2 Å². The lowest BCUT2D eigenvalue weighted by Gasteiger charge is -2.25. The van der Waals surface area contributed by atoms with Crippen LogP contribution in [0, 0.1) is 5.41 Å². The number of unbranched alkanes of at least 4 members (excludes halogenated alkanes) is 1. The van der Waals surface area contributed by atoms with Gasteiger partial charge in [0.2, 0.25) is 0 Å². The fourth-order valence-corrected chi connectivity index (χ4v) is 1.33. The molecule has 1 atom stereocenters. The molecule has 1 nitrogen and oxygen atoms in total. The maximum atomic E-state index is 4.99. The van der Waals surface area contributed by atoms with E-state index in [0.717, 1.165) is 6.61 Å². The van der Waals surface area contributed by atoms with Crippen molar-refractivity contribution in [1.29, 1.82) is 0 Å². The van der Waals surface area contributed by atoms with Gasteiger partial charge >= 0.3 is 0 Å². The summed E-state index contributed by atoms with van der Waals surface area (Å²) in [6.07, 6.45) is 3.67. The molecule has 1 unspecified atom stereocenters. The first-order chi connectivity index (χ1) is 5.48. The third-order valence-corrected chi connectivity index (χ3v) is 3.83. The smallest absolute Gasteiger partial charge is 0.0462 e. The minimum absolute atomic E-state index is 0.382. The van der Waals surface area contributed by atoms with E-state index in [1.807, 2.05) is 0 Å². The Balaban J connectivity index is 3.38. The molecule has 0 aromatic carbocycles. The topological polar surface area (TPSA) is 9.23 Å². The first-order valence-electron chi connectivity index (χ1n) is 4.61. The molecule has 0 fully saturated rings. The largest absolute Gasteiger partial charge is 0.385 e. The molecule has 74 valence electrons. The highest BCUT2D eigenvalue weighted by molar-refractivity contribution is 9.09. The van der Waals surface area contributed by atoms with Crippen LogP contribution in [0.3, 0.4) is 0 Å². The van der Waals surface area contributed by atoms with Crippen molar-refractivity contribution in [2.24, 2.45) is 5.41 Å². The van der Waals surface area contributed by atoms with Crippen LogP contribution in [0.15, 0.2) is 0 Å². The Hall–Kier alpha value is 0.440. The maximum absolute atomic E-state index is 4.99. The summed E-state index contributed by atoms with van der Waals surface area (Å²) in [6.45, 7) is 7.69. The van der Waals surface area contributed by atoms with Crippen LogP contribution in [-0.2, 0) is 4.74 Å². The van der Waals surface area contributed by atoms with Crippen LogP contribution >= 0.6 is 15.9 Å². The van der Waals surface area contributed by atoms with Gasteiger partial charge in [0.15, 0.2) is 0 Å². The van der Waals surface area contributed by atoms with Crippen LogP contribution in [0.25, 0.3) is 0 Å². The van der Waals surface area contributed by atoms with Gasteiger partial charge in [-0.1, -0.05) is 43.1 Å². The van der Waals surface area contributed by atoms with Crippen molar-refractivity contribution in [2.45, 2.75) is 44.9 Å². The molecule has 0 radical (unpaired) electrons. The second kappa shape index (κ2) is 5.98. The Morgan fingerprint density at radius 1 is 1.25 bits per heavy atom. The van der Waals surface area contributed by atoms with Gasteiger partial charge in [-0.3, -0.25) is 0 Å². The minimum atomic E-state index is 0.382. The minimum Gasteiger partial charge on any atom is -0.385 e. The Bertz CT molecular complexity index is 107. The van der Waals surface area contributed by atoms with Gasteiger partial charge in [0.1, 0.15) is 0 Å². The fourth-order valence-electron chi connectivity index (χ4n) is 1.00. The van der Waals surface area contributed by atoms with Crippen molar-refractivity contribution in [3.05, 3.63) is 0 Å². The van der Waals surface area contributed by atoms with Crippen LogP contribution < -0.4 is 0 Å². The van der Waals surface area contributed by atoms with E-state index in [1.54, 1.807) is 7.11 Å². The van der Waals surface area contributed by atoms with Crippen LogP contribution in [0.1, 0.15) is 40.0 Å². The van der Waals surface area contributed by atoms with Gasteiger partial charge in [0.25, 0.3) is 0 Å². The van der Waals surface area contributed by atoms with E-state index in [9.17, 15) is 0 Å². The van der Waals surface area contributed by atoms with Crippen molar-refractivity contribution in [1.82, 2.24) is 0 Å². The average Bonchev–Trinajstić information content (AvgIpc) is 1.96. The molecule has 0 rings (SSSR count). The average molecular weight is 237 g/mol. The third-order valence-electron chi connectivity index (χ3n) is 2.00. The van der Waals surface area contributed by atoms with E-state index in [-0.39, 0.29) is 0 Å². The predicted octanol–water partition coefficient (Wildman–Crippen LogP) is 3.61. The molecule has 0 spiro atoms. The second-order valence-electron chi connectivity index (χ2n) is 4.32. The van der Waals surface area contributed by atoms with E-state index in [4.69, 9.17) is 4.74 Å². The van der Waals surface area contributed by atoms with E-state index in [2.05, 4.69) is 36.7 Å². The molecule has 12 heavy (non-hydrogen) atoms. The highest BCUT2D eigenvalue weighted by Gasteiger charge is 2.20. The molecule has 0 saturated heterocycles. The van der Waals surface area contributed by atoms with Crippen molar-refractivity contribution in [3.8, 4) is 0 Å². The van der Waals surface area contributed by atoms with Crippen LogP contribution in [-0.4, -0.2) is 18.5 Å². The second-order valence-corrected chi connectivity index (χ2v) is 5.43. The standard InChI is InChI=1S/C10H21BrO/c1-10(2,3)9(11)7-5-6-8-12-4/h9H,5-8H2,1-4H3. The molecule has 0 bridgehead atoms. The van der Waals surface area contributed by atoms with Crippen molar-refractivity contribution >= 4 is 15.9 Å². The zero-order valence-electron chi connectivity index (χ0n) is 8.69. The summed E-state index contributed by atoms with van der Waals surface area (Å²) >= 11 is 3.71. The molecular weight excluding hydrogens is 216 g/mol. The molecule has 0 aliphatic rings. The van der Waals surface area contributed by atoms with Gasteiger partial charge in [-0.2, -0.15) is 0 Å². The summed E-state index contributed by atoms with van der Waals surface area (Å²) in [4.78, 5) is 0.627. The molecule has 2 heteroatoms. The highest BCUT2D eigenvalue weighted by Crippen LogP contribution is 2.29. The zero-order chi connectivity index (χ0) is 9.61. The number of hydrogen-bond acceptors (Lipinski definition) is 1. The van der Waals surface area contributed by atoms with Gasteiger partial charge in [0, 0.05) is 18.5 Å². The number of rotatable bonds is 5. The monoisotopic (exact) mass is 236 g/mol. The first kappa shape index (κ1) is 12.4. The normalized spacial score (nSPS) is 14.8. The number of alkyl halides is 1. The Labute approximate surface area is 85.0 Å². The number of hydrogen-bond donors (Lipinski definition) is 0. The molecule has 0 aromatic rings. The van der Waals surface area contributed by atoms with Crippen molar-refractivity contribution in [3.63, 3.8) is 0 Å². The summed E-state index contributed by atoms with van der Waals surface area (Å²) in [5, 5.41) is 0. The maximum Gasteiger partial charge on any atom is 0.0462 e. The van der Waals surface area contributed by atoms with E-state index in [1.165, 1.54) is 19.3 Å². The lowest BCUT2D eigenvalue weighted by atomic mass is 9.89. The molecule has 0 amide bonds. The van der Waals surface area contributed by atoms with Gasteiger partial charge < -0.3 is 4.74 Å². The van der Waals surface area contributed by atoms with Crippen molar-refractivity contribution in [2.75, 3.05) is 13.7 Å². The molecular formula is C10H21BrO. The summed E-state index contributed by atoms with van der Waals surface area (Å²) in [6, 6.07) is 0. The van der Waals surface area contributed by atoms with E-state index < -0.39 is 0 Å². The molecule has 0 saturated carbocycles. The third kappa shape index (κ3) is 6.01. The quantitative estimate of drug-likeness (QED) is 0.524. The summed E-state index contributed by atoms with van der Waals surface area (Å²) in [5.41, 5.74) is 0.382. The number of methoxy groups -OCH3 is 1. The van der Waals surface area contributed by atoms with Gasteiger partial charge in [-0.15, -0.1) is 0 Å². The molecule has 0 N–H and O–H groups in total. The number of ether oxygens (including phenoxy) is 1.